The van der Waals surface area contributed by atoms with E-state index in [1.54, 1.807) is 0 Å². The van der Waals surface area contributed by atoms with E-state index in [2.05, 4.69) is 257 Å². The molecule has 9 nitrogen and oxygen atoms in total. The summed E-state index contributed by atoms with van der Waals surface area (Å²) in [5, 5.41) is 0. The van der Waals surface area contributed by atoms with Crippen molar-refractivity contribution in [2.45, 2.75) is 46.5 Å². The zero-order valence-electron chi connectivity index (χ0n) is 70.7. The minimum atomic E-state index is 0. The molecule has 0 aliphatic carbocycles. The van der Waals surface area contributed by atoms with Gasteiger partial charge in [-0.1, -0.05) is 215 Å². The Bertz CT molecular complexity index is 6430. The Balaban J connectivity index is 0.000000130. The predicted octanol–water partition coefficient (Wildman–Crippen LogP) is 28.7. The Kier molecular flexibility index (Phi) is 32.3. The number of hydrogen-bond donors (Lipinski definition) is 0. The summed E-state index contributed by atoms with van der Waals surface area (Å²) in [5.41, 5.74) is 29.8. The topological polar surface area (TPSA) is 92.1 Å². The summed E-state index contributed by atoms with van der Waals surface area (Å²) < 4.78 is 6.55. The number of fused-ring (bicyclic) bond motifs is 3. The van der Waals surface area contributed by atoms with Gasteiger partial charge >= 0.3 is 0 Å². The van der Waals surface area contributed by atoms with Crippen molar-refractivity contribution in [2.75, 3.05) is 0 Å². The number of pyridine rings is 3. The van der Waals surface area contributed by atoms with E-state index in [0.29, 0.717) is 11.8 Å². The van der Waals surface area contributed by atoms with E-state index in [1.165, 1.54) is 50.1 Å². The van der Waals surface area contributed by atoms with E-state index in [-0.39, 0.29) is 60.3 Å². The maximum absolute atomic E-state index is 4.79. The number of hydrogen-bond acceptors (Lipinski definition) is 6. The van der Waals surface area contributed by atoms with Crippen LogP contribution in [0.25, 0.3) is 151 Å². The van der Waals surface area contributed by atoms with Crippen LogP contribution in [-0.2, 0) is 60.3 Å². The average Bonchev–Trinajstić information content (AvgIpc) is 1.13. The molecule has 0 aliphatic heterocycles. The molecule has 6 aromatic heterocycles. The van der Waals surface area contributed by atoms with Crippen LogP contribution in [-0.4, -0.2) is 43.6 Å². The van der Waals surface area contributed by atoms with E-state index in [4.69, 9.17) is 15.0 Å². The van der Waals surface area contributed by atoms with Crippen LogP contribution in [0.3, 0.4) is 0 Å². The summed E-state index contributed by atoms with van der Waals surface area (Å²) >= 11 is 0. The molecule has 0 spiro atoms. The summed E-state index contributed by atoms with van der Waals surface area (Å²) in [4.78, 5) is 27.7. The standard InChI is InChI=1S/2C20H18N.3C19H13N2.C18H14N.3Ir/c2*1-15(2)16-8-10-17(11-9-16)19-12-13-21-20(14-19)18-6-4-3-5-7-18;3*1-3-9-15(10-4-1)19-20-17-13-7-8-14-18(17)21(19)16-11-5-2-6-12-16;1-14-7-9-15(10-8-14)17-11-12-19-18(13-17)16-5-3-2-4-6-16;;;/h2*3-6,8-15H,1-2H3;3*1-9,11-14H;2-5,7-13H,1H3;;;/q6*-1;;;. The van der Waals surface area contributed by atoms with Gasteiger partial charge in [-0.2, -0.15) is 0 Å². The largest absolute Gasteiger partial charge is 0.333 e. The van der Waals surface area contributed by atoms with E-state index < -0.39 is 0 Å². The van der Waals surface area contributed by atoms with Crippen molar-refractivity contribution in [3.8, 4) is 118 Å². The number of rotatable bonds is 14. The van der Waals surface area contributed by atoms with Crippen molar-refractivity contribution in [3.05, 3.63) is 490 Å². The molecule has 0 fully saturated rings. The first-order chi connectivity index (χ1) is 61.1. The second kappa shape index (κ2) is 45.1. The summed E-state index contributed by atoms with van der Waals surface area (Å²) in [6.07, 6.45) is 5.58. The quantitative estimate of drug-likeness (QED) is 0.101. The minimum absolute atomic E-state index is 0. The van der Waals surface area contributed by atoms with Gasteiger partial charge in [-0.05, 0) is 171 Å². The first kappa shape index (κ1) is 90.8. The molecule has 127 heavy (non-hydrogen) atoms. The van der Waals surface area contributed by atoms with Gasteiger partial charge in [0.25, 0.3) is 0 Å². The Morgan fingerprint density at radius 3 is 0.717 bits per heavy atom. The average molecular weight is 2170 g/mol. The van der Waals surface area contributed by atoms with Gasteiger partial charge in [0.2, 0.25) is 0 Å². The van der Waals surface area contributed by atoms with Crippen LogP contribution in [0.4, 0.5) is 0 Å². The van der Waals surface area contributed by atoms with Crippen LogP contribution >= 0.6 is 0 Å². The molecule has 0 amide bonds. The van der Waals surface area contributed by atoms with Crippen molar-refractivity contribution in [2.24, 2.45) is 0 Å². The van der Waals surface area contributed by atoms with Gasteiger partial charge < -0.3 is 28.7 Å². The molecule has 15 aromatic carbocycles. The molecule has 0 saturated carbocycles. The zero-order valence-corrected chi connectivity index (χ0v) is 77.9. The Morgan fingerprint density at radius 1 is 0.228 bits per heavy atom. The second-order valence-electron chi connectivity index (χ2n) is 30.2. The molecule has 627 valence electrons. The summed E-state index contributed by atoms with van der Waals surface area (Å²) in [6.45, 7) is 11.0. The molecule has 0 aliphatic rings. The third-order valence-corrected chi connectivity index (χ3v) is 21.0. The van der Waals surface area contributed by atoms with Crippen LogP contribution in [0.15, 0.2) is 437 Å². The number of aromatic nitrogens is 9. The van der Waals surface area contributed by atoms with Gasteiger partial charge in [0, 0.05) is 96.0 Å². The first-order valence-electron chi connectivity index (χ1n) is 41.7. The Hall–Kier alpha value is -13.9. The molecule has 21 aromatic rings. The normalized spacial score (nSPS) is 10.5. The number of aryl methyl sites for hydroxylation is 1. The molecule has 21 rings (SSSR count). The molecule has 3 radical (unpaired) electrons. The fraction of sp³-hybridized carbons (Fsp3) is 0.0609. The fourth-order valence-corrected chi connectivity index (χ4v) is 14.5. The van der Waals surface area contributed by atoms with Crippen LogP contribution in [0.2, 0.25) is 0 Å². The molecule has 0 unspecified atom stereocenters. The van der Waals surface area contributed by atoms with E-state index in [0.717, 1.165) is 118 Å². The minimum Gasteiger partial charge on any atom is -0.333 e. The van der Waals surface area contributed by atoms with Gasteiger partial charge in [-0.25, -0.2) is 0 Å². The fourth-order valence-electron chi connectivity index (χ4n) is 14.5. The van der Waals surface area contributed by atoms with Crippen LogP contribution in [0.5, 0.6) is 0 Å². The van der Waals surface area contributed by atoms with E-state index in [1.807, 2.05) is 279 Å². The smallest absolute Gasteiger partial charge is 0.0774 e. The molecule has 0 atom stereocenters. The SMILES string of the molecule is CC(C)c1ccc(-c2ccnc(-c3[c-]cccc3)c2)cc1.CC(C)c1ccc(-c2ccnc(-c3[c-]cccc3)c2)cc1.Cc1ccc(-c2ccnc(-c3[c-]cccc3)c2)cc1.[Ir].[Ir].[Ir].[c-]1ccccc1-c1nc2ccccc2n1-c1ccccc1.[c-]1ccccc1-c1nc2ccccc2n1-c1ccccc1.[c-]1ccccc1-c1nc2ccccc2n1-c1ccccc1. The van der Waals surface area contributed by atoms with Crippen molar-refractivity contribution >= 4 is 33.1 Å². The predicted molar refractivity (Wildman–Crippen MR) is 511 cm³/mol. The molecule has 0 bridgehead atoms. The molecular formula is C115H89Ir3N9-6. The number of para-hydroxylation sites is 9. The Morgan fingerprint density at radius 2 is 0.465 bits per heavy atom. The van der Waals surface area contributed by atoms with Crippen LogP contribution in [0, 0.1) is 43.3 Å². The molecule has 6 heterocycles. The molecule has 0 N–H and O–H groups in total. The maximum Gasteiger partial charge on any atom is 0.0774 e. The second-order valence-corrected chi connectivity index (χ2v) is 30.2. The number of imidazole rings is 3. The third kappa shape index (κ3) is 23.0. The van der Waals surface area contributed by atoms with Gasteiger partial charge in [-0.3, -0.25) is 15.0 Å². The molecule has 12 heteroatoms. The van der Waals surface area contributed by atoms with Crippen molar-refractivity contribution in [1.29, 1.82) is 0 Å². The van der Waals surface area contributed by atoms with Crippen LogP contribution in [0.1, 0.15) is 56.2 Å². The summed E-state index contributed by atoms with van der Waals surface area (Å²) in [5.74, 6) is 3.88. The molecular weight excluding hydrogens is 2080 g/mol. The molecule has 0 saturated heterocycles. The summed E-state index contributed by atoms with van der Waals surface area (Å²) in [7, 11) is 0. The van der Waals surface area contributed by atoms with Gasteiger partial charge in [0.15, 0.2) is 0 Å². The third-order valence-electron chi connectivity index (χ3n) is 21.0. The van der Waals surface area contributed by atoms with Crippen LogP contribution < -0.4 is 0 Å². The number of nitrogens with zero attached hydrogens (tertiary/aromatic N) is 9. The van der Waals surface area contributed by atoms with Gasteiger partial charge in [0.1, 0.15) is 0 Å². The Labute approximate surface area is 785 Å². The van der Waals surface area contributed by atoms with E-state index in [9.17, 15) is 0 Å². The van der Waals surface area contributed by atoms with Crippen molar-refractivity contribution in [3.63, 3.8) is 0 Å². The summed E-state index contributed by atoms with van der Waals surface area (Å²) in [6, 6.07) is 161. The maximum atomic E-state index is 4.79. The van der Waals surface area contributed by atoms with Crippen molar-refractivity contribution in [1.82, 2.24) is 43.6 Å². The number of benzene rings is 15. The monoisotopic (exact) mass is 2170 g/mol. The zero-order chi connectivity index (χ0) is 84.6. The van der Waals surface area contributed by atoms with Gasteiger partial charge in [0.05, 0.1) is 50.6 Å². The van der Waals surface area contributed by atoms with Crippen molar-refractivity contribution < 1.29 is 60.3 Å². The first-order valence-corrected chi connectivity index (χ1v) is 41.7. The van der Waals surface area contributed by atoms with Gasteiger partial charge in [-0.15, -0.1) is 215 Å². The van der Waals surface area contributed by atoms with E-state index >= 15 is 0 Å².